The molecule has 0 aliphatic heterocycles. The molecule has 2 N–H and O–H groups in total. The molecular weight excluding hydrogens is 552 g/mol. The molecule has 0 saturated carbocycles. The number of aromatic amines is 2. The molecule has 0 fully saturated rings. The highest BCUT2D eigenvalue weighted by atomic mass is 16.5. The number of ether oxygens (including phenoxy) is 2. The van der Waals surface area contributed by atoms with Gasteiger partial charge >= 0.3 is 0 Å². The minimum Gasteiger partial charge on any atom is -0.493 e. The average Bonchev–Trinajstić information content (AvgIpc) is 3.52. The lowest BCUT2D eigenvalue weighted by molar-refractivity contribution is 0.297. The lowest BCUT2D eigenvalue weighted by Crippen LogP contribution is -2.25. The number of benzene rings is 4. The van der Waals surface area contributed by atoms with Crippen molar-refractivity contribution in [3.63, 3.8) is 0 Å². The highest BCUT2D eigenvalue weighted by Crippen LogP contribution is 2.37. The number of methoxy groups -OCH3 is 1. The predicted octanol–water partition coefficient (Wildman–Crippen LogP) is 6.07. The van der Waals surface area contributed by atoms with E-state index in [1.807, 2.05) is 111 Å². The summed E-state index contributed by atoms with van der Waals surface area (Å²) in [5.41, 5.74) is 5.15. The van der Waals surface area contributed by atoms with E-state index in [1.165, 1.54) is 14.9 Å². The molecule has 0 unspecified atom stereocenters. The smallest absolute Gasteiger partial charge is 0.275 e. The van der Waals surface area contributed by atoms with E-state index in [0.29, 0.717) is 52.0 Å². The number of nitrogens with zero attached hydrogens (tertiary/aromatic N) is 2. The summed E-state index contributed by atoms with van der Waals surface area (Å²) in [5, 5.41) is 6.48. The van der Waals surface area contributed by atoms with Crippen molar-refractivity contribution in [1.82, 2.24) is 19.6 Å². The van der Waals surface area contributed by atoms with Gasteiger partial charge in [0.1, 0.15) is 0 Å². The van der Waals surface area contributed by atoms with Crippen LogP contribution in [0.3, 0.4) is 0 Å². The van der Waals surface area contributed by atoms with Gasteiger partial charge in [-0.05, 0) is 61.4 Å². The highest BCUT2D eigenvalue weighted by molar-refractivity contribution is 5.52. The molecule has 2 aromatic heterocycles. The summed E-state index contributed by atoms with van der Waals surface area (Å²) in [6.45, 7) is 4.19. The summed E-state index contributed by atoms with van der Waals surface area (Å²) in [6, 6.07) is 34.5. The maximum atomic E-state index is 14.1. The summed E-state index contributed by atoms with van der Waals surface area (Å²) < 4.78 is 14.9. The normalized spacial score (nSPS) is 11.2. The van der Waals surface area contributed by atoms with Gasteiger partial charge in [0.15, 0.2) is 11.5 Å². The van der Waals surface area contributed by atoms with E-state index in [-0.39, 0.29) is 11.1 Å². The monoisotopic (exact) mass is 586 g/mol. The Balaban J connectivity index is 1.47. The first kappa shape index (κ1) is 28.6. The van der Waals surface area contributed by atoms with Crippen molar-refractivity contribution in [2.45, 2.75) is 26.2 Å². The third-order valence-corrected chi connectivity index (χ3v) is 7.85. The molecule has 0 bridgehead atoms. The lowest BCUT2D eigenvalue weighted by atomic mass is 9.85. The van der Waals surface area contributed by atoms with Crippen molar-refractivity contribution in [3.8, 4) is 22.9 Å². The van der Waals surface area contributed by atoms with Crippen molar-refractivity contribution in [2.24, 2.45) is 0 Å². The summed E-state index contributed by atoms with van der Waals surface area (Å²) in [5.74, 6) is 0.421. The Hall–Kier alpha value is -5.50. The van der Waals surface area contributed by atoms with Crippen LogP contribution >= 0.6 is 0 Å². The van der Waals surface area contributed by atoms with Crippen molar-refractivity contribution in [2.75, 3.05) is 13.7 Å². The van der Waals surface area contributed by atoms with E-state index in [2.05, 4.69) is 22.3 Å². The standard InChI is InChI=1S/C36H34N4O4/c1-24-32(35(41)39(37-24)28-15-9-5-10-16-28)34(33-25(2)38-40(36(33)42)29-17-11-6-12-18-29)27-19-20-30(31(23-27)43-3)44-22-21-26-13-7-4-8-14-26/h4-20,23,34,37-38H,21-22H2,1-3H3. The zero-order valence-electron chi connectivity index (χ0n) is 24.9. The van der Waals surface area contributed by atoms with Crippen LogP contribution in [0.2, 0.25) is 0 Å². The molecule has 6 rings (SSSR count). The first-order valence-electron chi connectivity index (χ1n) is 14.5. The SMILES string of the molecule is COc1cc(C(c2c(C)[nH]n(-c3ccccc3)c2=O)c2c(C)[nH]n(-c3ccccc3)c2=O)ccc1OCCc1ccccc1. The fourth-order valence-corrected chi connectivity index (χ4v) is 5.70. The maximum Gasteiger partial charge on any atom is 0.275 e. The fourth-order valence-electron chi connectivity index (χ4n) is 5.70. The minimum absolute atomic E-state index is 0.230. The molecule has 2 heterocycles. The minimum atomic E-state index is -0.690. The van der Waals surface area contributed by atoms with Gasteiger partial charge in [-0.25, -0.2) is 9.36 Å². The number of rotatable bonds is 10. The molecule has 222 valence electrons. The number of para-hydroxylation sites is 2. The van der Waals surface area contributed by atoms with E-state index in [9.17, 15) is 9.59 Å². The van der Waals surface area contributed by atoms with Crippen LogP contribution < -0.4 is 20.6 Å². The molecule has 0 aliphatic carbocycles. The number of hydrogen-bond donors (Lipinski definition) is 2. The van der Waals surface area contributed by atoms with Crippen molar-refractivity contribution < 1.29 is 9.47 Å². The summed E-state index contributed by atoms with van der Waals surface area (Å²) in [6.07, 6.45) is 0.748. The molecule has 6 aromatic rings. The molecule has 8 nitrogen and oxygen atoms in total. The van der Waals surface area contributed by atoms with Gasteiger partial charge in [-0.2, -0.15) is 0 Å². The van der Waals surface area contributed by atoms with Crippen LogP contribution in [0.15, 0.2) is 119 Å². The largest absolute Gasteiger partial charge is 0.493 e. The second kappa shape index (κ2) is 12.4. The van der Waals surface area contributed by atoms with Crippen LogP contribution in [-0.4, -0.2) is 33.3 Å². The Morgan fingerprint density at radius 2 is 1.16 bits per heavy atom. The van der Waals surface area contributed by atoms with Crippen LogP contribution in [0.4, 0.5) is 0 Å². The van der Waals surface area contributed by atoms with E-state index in [4.69, 9.17) is 9.47 Å². The third-order valence-electron chi connectivity index (χ3n) is 7.85. The Morgan fingerprint density at radius 1 is 0.659 bits per heavy atom. The van der Waals surface area contributed by atoms with Crippen LogP contribution in [-0.2, 0) is 6.42 Å². The van der Waals surface area contributed by atoms with E-state index >= 15 is 0 Å². The van der Waals surface area contributed by atoms with Gasteiger partial charge in [-0.15, -0.1) is 0 Å². The Labute approximate surface area is 255 Å². The molecular formula is C36H34N4O4. The van der Waals surface area contributed by atoms with E-state index in [0.717, 1.165) is 12.0 Å². The molecule has 0 atom stereocenters. The Kier molecular flexibility index (Phi) is 8.06. The van der Waals surface area contributed by atoms with Crippen LogP contribution in [0.1, 0.15) is 39.6 Å². The van der Waals surface area contributed by atoms with Gasteiger partial charge in [0.2, 0.25) is 0 Å². The van der Waals surface area contributed by atoms with Gasteiger partial charge in [-0.1, -0.05) is 72.8 Å². The first-order valence-corrected chi connectivity index (χ1v) is 14.5. The van der Waals surface area contributed by atoms with Gasteiger partial charge in [0, 0.05) is 23.7 Å². The predicted molar refractivity (Wildman–Crippen MR) is 172 cm³/mol. The molecule has 0 radical (unpaired) electrons. The first-order chi connectivity index (χ1) is 21.5. The molecule has 4 aromatic carbocycles. The summed E-state index contributed by atoms with van der Waals surface area (Å²) in [7, 11) is 1.59. The maximum absolute atomic E-state index is 14.1. The third kappa shape index (κ3) is 5.49. The molecule has 0 amide bonds. The highest BCUT2D eigenvalue weighted by Gasteiger charge is 2.31. The summed E-state index contributed by atoms with van der Waals surface area (Å²) >= 11 is 0. The van der Waals surface area contributed by atoms with Crippen molar-refractivity contribution in [3.05, 3.63) is 164 Å². The number of H-pyrrole nitrogens is 2. The second-order valence-corrected chi connectivity index (χ2v) is 10.7. The zero-order chi connectivity index (χ0) is 30.6. The molecule has 8 heteroatoms. The van der Waals surface area contributed by atoms with Gasteiger partial charge in [0.05, 0.1) is 36.2 Å². The Bertz CT molecular complexity index is 1890. The number of aromatic nitrogens is 4. The molecule has 0 saturated heterocycles. The number of aryl methyl sites for hydroxylation is 2. The van der Waals surface area contributed by atoms with Crippen LogP contribution in [0.25, 0.3) is 11.4 Å². The molecule has 0 aliphatic rings. The Morgan fingerprint density at radius 3 is 1.66 bits per heavy atom. The van der Waals surface area contributed by atoms with Crippen molar-refractivity contribution in [1.29, 1.82) is 0 Å². The van der Waals surface area contributed by atoms with Crippen molar-refractivity contribution >= 4 is 0 Å². The zero-order valence-corrected chi connectivity index (χ0v) is 24.9. The van der Waals surface area contributed by atoms with E-state index in [1.54, 1.807) is 7.11 Å². The lowest BCUT2D eigenvalue weighted by Gasteiger charge is -2.18. The topological polar surface area (TPSA) is 94.0 Å². The van der Waals surface area contributed by atoms with E-state index < -0.39 is 5.92 Å². The quantitative estimate of drug-likeness (QED) is 0.204. The fraction of sp³-hybridized carbons (Fsp3) is 0.167. The number of nitrogens with one attached hydrogen (secondary N) is 2. The van der Waals surface area contributed by atoms with Gasteiger partial charge in [0.25, 0.3) is 11.1 Å². The molecule has 44 heavy (non-hydrogen) atoms. The van der Waals surface area contributed by atoms with Gasteiger partial charge in [-0.3, -0.25) is 19.8 Å². The van der Waals surface area contributed by atoms with Gasteiger partial charge < -0.3 is 9.47 Å². The average molecular weight is 587 g/mol. The van der Waals surface area contributed by atoms with Crippen LogP contribution in [0.5, 0.6) is 11.5 Å². The molecule has 0 spiro atoms. The van der Waals surface area contributed by atoms with Crippen LogP contribution in [0, 0.1) is 13.8 Å². The number of hydrogen-bond acceptors (Lipinski definition) is 4. The summed E-state index contributed by atoms with van der Waals surface area (Å²) in [4.78, 5) is 28.3. The second-order valence-electron chi connectivity index (χ2n) is 10.7.